The summed E-state index contributed by atoms with van der Waals surface area (Å²) in [5.41, 5.74) is 0. The monoisotopic (exact) mass is 190 g/mol. The highest BCUT2D eigenvalue weighted by Crippen LogP contribution is 2.42. The van der Waals surface area contributed by atoms with Crippen LogP contribution in [0.15, 0.2) is 0 Å². The highest BCUT2D eigenvalue weighted by molar-refractivity contribution is 4.83. The predicted octanol–water partition coefficient (Wildman–Crippen LogP) is 4.10. The lowest BCUT2D eigenvalue weighted by Gasteiger charge is -2.34. The molecule has 0 aromatic rings. The maximum Gasteiger partial charge on any atom is 0.250 e. The van der Waals surface area contributed by atoms with Gasteiger partial charge in [-0.05, 0) is 31.1 Å². The van der Waals surface area contributed by atoms with Crippen molar-refractivity contribution in [2.75, 3.05) is 0 Å². The second-order valence-corrected chi connectivity index (χ2v) is 4.93. The third-order valence-electron chi connectivity index (χ3n) is 3.10. The number of hydrogen-bond acceptors (Lipinski definition) is 0. The first-order valence-corrected chi connectivity index (χ1v) is 5.29. The van der Waals surface area contributed by atoms with Crippen molar-refractivity contribution in [2.45, 2.75) is 52.4 Å². The van der Waals surface area contributed by atoms with E-state index in [0.29, 0.717) is 18.3 Å². The van der Waals surface area contributed by atoms with Crippen LogP contribution in [0.25, 0.3) is 0 Å². The predicted molar refractivity (Wildman–Crippen MR) is 50.9 cm³/mol. The fourth-order valence-electron chi connectivity index (χ4n) is 2.31. The molecule has 0 bridgehead atoms. The van der Waals surface area contributed by atoms with Gasteiger partial charge in [0, 0.05) is 12.3 Å². The molecule has 0 aromatic carbocycles. The second-order valence-electron chi connectivity index (χ2n) is 4.93. The summed E-state index contributed by atoms with van der Waals surface area (Å²) >= 11 is 0. The van der Waals surface area contributed by atoms with E-state index in [1.165, 1.54) is 0 Å². The van der Waals surface area contributed by atoms with Gasteiger partial charge in [-0.3, -0.25) is 0 Å². The van der Waals surface area contributed by atoms with Gasteiger partial charge in [-0.15, -0.1) is 0 Å². The Kier molecular flexibility index (Phi) is 3.31. The summed E-state index contributed by atoms with van der Waals surface area (Å²) in [7, 11) is 0. The zero-order valence-corrected chi connectivity index (χ0v) is 8.82. The van der Waals surface area contributed by atoms with Gasteiger partial charge >= 0.3 is 0 Å². The molecule has 1 aliphatic carbocycles. The Morgan fingerprint density at radius 2 is 2.00 bits per heavy atom. The van der Waals surface area contributed by atoms with Crippen molar-refractivity contribution in [3.05, 3.63) is 0 Å². The molecule has 1 saturated carbocycles. The van der Waals surface area contributed by atoms with Crippen molar-refractivity contribution in [2.24, 2.45) is 17.8 Å². The Morgan fingerprint density at radius 3 is 2.46 bits per heavy atom. The minimum Gasteiger partial charge on any atom is -0.207 e. The van der Waals surface area contributed by atoms with E-state index in [4.69, 9.17) is 0 Å². The van der Waals surface area contributed by atoms with Gasteiger partial charge in [-0.1, -0.05) is 20.8 Å². The Labute approximate surface area is 79.7 Å². The topological polar surface area (TPSA) is 0 Å². The summed E-state index contributed by atoms with van der Waals surface area (Å²) in [4.78, 5) is 0. The Bertz CT molecular complexity index is 163. The van der Waals surface area contributed by atoms with E-state index in [9.17, 15) is 8.78 Å². The zero-order valence-electron chi connectivity index (χ0n) is 8.82. The van der Waals surface area contributed by atoms with Crippen molar-refractivity contribution in [1.29, 1.82) is 0 Å². The van der Waals surface area contributed by atoms with Gasteiger partial charge in [-0.2, -0.15) is 0 Å². The lowest BCUT2D eigenvalue weighted by atomic mass is 9.76. The zero-order chi connectivity index (χ0) is 10.1. The van der Waals surface area contributed by atoms with Crippen LogP contribution in [-0.4, -0.2) is 5.92 Å². The Morgan fingerprint density at radius 1 is 1.38 bits per heavy atom. The summed E-state index contributed by atoms with van der Waals surface area (Å²) in [6.45, 7) is 6.02. The van der Waals surface area contributed by atoms with Crippen LogP contribution in [0, 0.1) is 17.8 Å². The van der Waals surface area contributed by atoms with E-state index in [1.54, 1.807) is 6.92 Å². The molecule has 0 radical (unpaired) electrons. The molecular weight excluding hydrogens is 170 g/mol. The molecule has 0 saturated heterocycles. The van der Waals surface area contributed by atoms with Gasteiger partial charge in [0.05, 0.1) is 0 Å². The van der Waals surface area contributed by atoms with Crippen LogP contribution in [0.5, 0.6) is 0 Å². The summed E-state index contributed by atoms with van der Waals surface area (Å²) in [5, 5.41) is 0. The molecule has 2 atom stereocenters. The molecule has 0 aliphatic heterocycles. The molecule has 0 heterocycles. The van der Waals surface area contributed by atoms with Crippen molar-refractivity contribution >= 4 is 0 Å². The third kappa shape index (κ3) is 2.92. The molecule has 1 rings (SSSR count). The van der Waals surface area contributed by atoms with Crippen LogP contribution in [0.1, 0.15) is 46.5 Å². The molecule has 13 heavy (non-hydrogen) atoms. The van der Waals surface area contributed by atoms with Crippen LogP contribution < -0.4 is 0 Å². The fourth-order valence-corrected chi connectivity index (χ4v) is 2.31. The Hall–Kier alpha value is -0.140. The largest absolute Gasteiger partial charge is 0.250 e. The van der Waals surface area contributed by atoms with E-state index in [2.05, 4.69) is 13.8 Å². The lowest BCUT2D eigenvalue weighted by Crippen LogP contribution is -2.33. The molecule has 0 aromatic heterocycles. The van der Waals surface area contributed by atoms with Crippen LogP contribution in [0.4, 0.5) is 8.78 Å². The molecule has 78 valence electrons. The summed E-state index contributed by atoms with van der Waals surface area (Å²) in [5.74, 6) is -1.63. The molecule has 0 amide bonds. The summed E-state index contributed by atoms with van der Waals surface area (Å²) in [6.07, 6.45) is 2.65. The van der Waals surface area contributed by atoms with Gasteiger partial charge in [0.15, 0.2) is 0 Å². The minimum atomic E-state index is -2.40. The first-order chi connectivity index (χ1) is 5.92. The average molecular weight is 190 g/mol. The van der Waals surface area contributed by atoms with Crippen LogP contribution in [-0.2, 0) is 0 Å². The third-order valence-corrected chi connectivity index (χ3v) is 3.10. The van der Waals surface area contributed by atoms with Gasteiger partial charge in [0.1, 0.15) is 0 Å². The summed E-state index contributed by atoms with van der Waals surface area (Å²) in [6, 6.07) is 0. The minimum absolute atomic E-state index is 0.103. The average Bonchev–Trinajstić information content (AvgIpc) is 1.97. The number of halogens is 2. The van der Waals surface area contributed by atoms with E-state index in [1.807, 2.05) is 0 Å². The molecule has 0 N–H and O–H groups in total. The molecule has 2 heteroatoms. The maximum absolute atomic E-state index is 13.1. The SMILES string of the molecule is CC(C)C[C@H]1CCC(F)(F)[C@H](C)C1. The molecule has 1 fully saturated rings. The fraction of sp³-hybridized carbons (Fsp3) is 1.00. The molecule has 0 spiro atoms. The quantitative estimate of drug-likeness (QED) is 0.615. The van der Waals surface area contributed by atoms with Crippen molar-refractivity contribution in [3.63, 3.8) is 0 Å². The van der Waals surface area contributed by atoms with Crippen molar-refractivity contribution in [1.82, 2.24) is 0 Å². The molecular formula is C11H20F2. The molecule has 0 nitrogen and oxygen atoms in total. The number of rotatable bonds is 2. The van der Waals surface area contributed by atoms with Crippen molar-refractivity contribution in [3.8, 4) is 0 Å². The van der Waals surface area contributed by atoms with Crippen LogP contribution in [0.2, 0.25) is 0 Å². The van der Waals surface area contributed by atoms with Crippen LogP contribution >= 0.6 is 0 Å². The highest BCUT2D eigenvalue weighted by atomic mass is 19.3. The molecule has 1 aliphatic rings. The van der Waals surface area contributed by atoms with Gasteiger partial charge < -0.3 is 0 Å². The lowest BCUT2D eigenvalue weighted by molar-refractivity contribution is -0.0924. The highest BCUT2D eigenvalue weighted by Gasteiger charge is 2.41. The van der Waals surface area contributed by atoms with E-state index in [-0.39, 0.29) is 6.42 Å². The van der Waals surface area contributed by atoms with E-state index in [0.717, 1.165) is 12.8 Å². The smallest absolute Gasteiger partial charge is 0.207 e. The Balaban J connectivity index is 2.42. The number of alkyl halides is 2. The standard InChI is InChI=1S/C11H20F2/c1-8(2)6-10-4-5-11(12,13)9(3)7-10/h8-10H,4-7H2,1-3H3/t9-,10-/m1/s1. The van der Waals surface area contributed by atoms with Gasteiger partial charge in [0.25, 0.3) is 5.92 Å². The van der Waals surface area contributed by atoms with Crippen molar-refractivity contribution < 1.29 is 8.78 Å². The normalized spacial score (nSPS) is 33.7. The molecule has 0 unspecified atom stereocenters. The van der Waals surface area contributed by atoms with E-state index >= 15 is 0 Å². The second kappa shape index (κ2) is 3.93. The first-order valence-electron chi connectivity index (χ1n) is 5.29. The first kappa shape index (κ1) is 10.9. The van der Waals surface area contributed by atoms with Crippen LogP contribution in [0.3, 0.4) is 0 Å². The summed E-state index contributed by atoms with van der Waals surface area (Å²) < 4.78 is 26.2. The maximum atomic E-state index is 13.1. The number of hydrogen-bond donors (Lipinski definition) is 0. The van der Waals surface area contributed by atoms with Gasteiger partial charge in [0.2, 0.25) is 0 Å². The van der Waals surface area contributed by atoms with E-state index < -0.39 is 11.8 Å². The van der Waals surface area contributed by atoms with Gasteiger partial charge in [-0.25, -0.2) is 8.78 Å².